The zero-order chi connectivity index (χ0) is 39.8. The number of H-pyrrole nitrogens is 1. The van der Waals surface area contributed by atoms with Gasteiger partial charge >= 0.3 is 69.3 Å². The van der Waals surface area contributed by atoms with Crippen molar-refractivity contribution in [3.05, 3.63) is 108 Å². The average Bonchev–Trinajstić information content (AvgIpc) is 3.89. The third kappa shape index (κ3) is 14.4. The van der Waals surface area contributed by atoms with E-state index in [0.717, 1.165) is 62.5 Å². The Balaban J connectivity index is 0.000000788. The number of nitrogens with one attached hydrogen (secondary N) is 4. The third-order valence-corrected chi connectivity index (χ3v) is 9.31. The Kier molecular flexibility index (Phi) is 25.5. The number of alkyl halides is 1. The molecule has 0 saturated heterocycles. The Bertz CT molecular complexity index is 2010. The predicted molar refractivity (Wildman–Crippen MR) is 227 cm³/mol. The number of aryl methyl sites for hydroxylation is 2. The molecule has 0 aliphatic rings. The van der Waals surface area contributed by atoms with Crippen molar-refractivity contribution in [3.8, 4) is 0 Å². The van der Waals surface area contributed by atoms with E-state index in [9.17, 15) is 14.4 Å². The van der Waals surface area contributed by atoms with Crippen molar-refractivity contribution in [3.63, 3.8) is 0 Å². The van der Waals surface area contributed by atoms with Crippen molar-refractivity contribution in [2.24, 2.45) is 0 Å². The number of nitrogens with zero attached hydrogens (tertiary/aromatic N) is 2. The Hall–Kier alpha value is -3.54. The molecule has 57 heavy (non-hydrogen) atoms. The zero-order valence-electron chi connectivity index (χ0n) is 33.2. The molecule has 3 atom stereocenters. The Morgan fingerprint density at radius 2 is 0.947 bits per heavy atom. The summed E-state index contributed by atoms with van der Waals surface area (Å²) >= 11 is 4.64. The first-order valence-corrected chi connectivity index (χ1v) is 18.6. The van der Waals surface area contributed by atoms with Gasteiger partial charge < -0.3 is 50.9 Å². The molecule has 0 fully saturated rings. The molecule has 3 unspecified atom stereocenters. The molecule has 0 aliphatic carbocycles. The number of para-hydroxylation sites is 3. The van der Waals surface area contributed by atoms with Crippen molar-refractivity contribution in [2.75, 3.05) is 27.5 Å². The molecular formula is C42H58ClKN6O7. The molecule has 0 bridgehead atoms. The number of hydrogen-bond acceptors (Lipinski definition) is 7. The minimum absolute atomic E-state index is 0. The summed E-state index contributed by atoms with van der Waals surface area (Å²) in [6, 6.07) is 22.5. The fourth-order valence-corrected chi connectivity index (χ4v) is 6.39. The summed E-state index contributed by atoms with van der Waals surface area (Å²) in [5, 5.41) is 39.0. The van der Waals surface area contributed by atoms with Crippen LogP contribution in [0.3, 0.4) is 0 Å². The Labute approximate surface area is 382 Å². The maximum atomic E-state index is 11.1. The van der Waals surface area contributed by atoms with E-state index in [1.165, 1.54) is 6.38 Å². The van der Waals surface area contributed by atoms with Gasteiger partial charge in [0.2, 0.25) is 0 Å². The van der Waals surface area contributed by atoms with Crippen LogP contribution < -0.4 is 67.3 Å². The number of fused-ring (bicyclic) bond motifs is 3. The van der Waals surface area contributed by atoms with Gasteiger partial charge in [0.1, 0.15) is 18.1 Å². The second-order valence-corrected chi connectivity index (χ2v) is 12.4. The van der Waals surface area contributed by atoms with Crippen LogP contribution in [0, 0.1) is 0 Å². The van der Waals surface area contributed by atoms with E-state index in [0.29, 0.717) is 19.3 Å². The number of hydrogen-bond donors (Lipinski definition) is 7. The normalized spacial score (nSPS) is 11.8. The van der Waals surface area contributed by atoms with Crippen LogP contribution in [0.25, 0.3) is 32.7 Å². The number of aliphatic carboxylic acids is 3. The molecule has 6 rings (SSSR count). The van der Waals surface area contributed by atoms with Crippen molar-refractivity contribution in [2.45, 2.75) is 71.8 Å². The molecule has 3 heterocycles. The molecule has 306 valence electrons. The number of carbonyl (C=O) groups is 3. The summed E-state index contributed by atoms with van der Waals surface area (Å²) in [6.45, 7) is 5.95. The number of rotatable bonds is 14. The number of benzene rings is 3. The van der Waals surface area contributed by atoms with Crippen molar-refractivity contribution in [1.82, 2.24) is 30.1 Å². The first-order valence-electron chi connectivity index (χ1n) is 17.8. The minimum Gasteiger partial charge on any atom is -0.870 e. The second kappa shape index (κ2) is 27.2. The summed E-state index contributed by atoms with van der Waals surface area (Å²) in [5.74, 6) is -2.45. The van der Waals surface area contributed by atoms with Crippen LogP contribution in [-0.2, 0) is 46.7 Å². The smallest absolute Gasteiger partial charge is 0.870 e. The van der Waals surface area contributed by atoms with Crippen LogP contribution in [0.15, 0.2) is 91.4 Å². The van der Waals surface area contributed by atoms with E-state index in [1.807, 2.05) is 66.9 Å². The first kappa shape index (κ1) is 53.5. The van der Waals surface area contributed by atoms with Gasteiger partial charge in [-0.15, -0.1) is 11.6 Å². The zero-order valence-corrected chi connectivity index (χ0v) is 37.1. The van der Waals surface area contributed by atoms with Crippen LogP contribution in [0.2, 0.25) is 0 Å². The van der Waals surface area contributed by atoms with Crippen molar-refractivity contribution in [1.29, 1.82) is 0 Å². The van der Waals surface area contributed by atoms with E-state index in [4.69, 9.17) is 15.3 Å². The molecular weight excluding hydrogens is 775 g/mol. The fourth-order valence-electron chi connectivity index (χ4n) is 6.39. The summed E-state index contributed by atoms with van der Waals surface area (Å²) in [7, 11) is 5.02. The topological polar surface area (TPSA) is 204 Å². The molecule has 0 amide bonds. The molecule has 0 radical (unpaired) electrons. The first-order chi connectivity index (χ1) is 26.1. The number of carboxylic acids is 3. The van der Waals surface area contributed by atoms with Gasteiger partial charge in [-0.05, 0) is 69.9 Å². The standard InChI is InChI=1S/2C14H18N2O2.C12H14N2O2.CH3Cl.CH4.K.H2O/c2*1-3-16-9-10(8-12(15-2)14(17)18)11-6-4-5-7-13(11)16;1-13-11(12(15)16)6-8-7-14-10-5-3-2-4-9(8)10;1-2;;;/h2*4-7,9,12,15H,3,8H2,1-2H3,(H,17,18);2-5,7,11,13-14H,6H2,1H3,(H,15,16);1H3;1H4;;1H2/q;;;;;+1;/p-1. The molecule has 3 aromatic heterocycles. The summed E-state index contributed by atoms with van der Waals surface area (Å²) in [4.78, 5) is 36.2. The van der Waals surface area contributed by atoms with Crippen LogP contribution in [0.4, 0.5) is 0 Å². The van der Waals surface area contributed by atoms with Crippen molar-refractivity contribution >= 4 is 62.2 Å². The van der Waals surface area contributed by atoms with Crippen molar-refractivity contribution < 1.29 is 86.6 Å². The van der Waals surface area contributed by atoms with Gasteiger partial charge in [-0.1, -0.05) is 62.0 Å². The molecule has 8 N–H and O–H groups in total. The van der Waals surface area contributed by atoms with Crippen LogP contribution >= 0.6 is 11.6 Å². The van der Waals surface area contributed by atoms with Gasteiger partial charge in [-0.25, -0.2) is 0 Å². The fraction of sp³-hybridized carbons (Fsp3) is 0.357. The van der Waals surface area contributed by atoms with Crippen LogP contribution in [0.1, 0.15) is 38.0 Å². The monoisotopic (exact) mass is 832 g/mol. The molecule has 15 heteroatoms. The molecule has 6 aromatic rings. The van der Waals surface area contributed by atoms with E-state index in [1.54, 1.807) is 21.1 Å². The average molecular weight is 834 g/mol. The number of likely N-dealkylation sites (N-methyl/N-ethyl adjacent to an activating group) is 3. The van der Waals surface area contributed by atoms with Gasteiger partial charge in [0.25, 0.3) is 0 Å². The molecule has 3 aromatic carbocycles. The SMILES string of the molecule is C.CCl.CCn1cc(CC(NC)C(=O)O)c2ccccc21.CCn1cc(CC(NC)C(=O)O)c2ccccc21.CNC(Cc1c[nH]c2ccccc12)C(=O)O.[K+].[OH-]. The van der Waals surface area contributed by atoms with Crippen LogP contribution in [-0.4, -0.2) is 98.5 Å². The Morgan fingerprint density at radius 1 is 0.614 bits per heavy atom. The molecule has 0 saturated carbocycles. The van der Waals surface area contributed by atoms with E-state index in [-0.39, 0.29) is 64.3 Å². The maximum absolute atomic E-state index is 11.1. The number of aromatic nitrogens is 3. The van der Waals surface area contributed by atoms with Gasteiger partial charge in [0.05, 0.1) is 0 Å². The van der Waals surface area contributed by atoms with E-state index >= 15 is 0 Å². The Morgan fingerprint density at radius 3 is 1.30 bits per heavy atom. The van der Waals surface area contributed by atoms with Gasteiger partial charge in [0.15, 0.2) is 0 Å². The number of halogens is 1. The largest absolute Gasteiger partial charge is 1.00 e. The predicted octanol–water partition coefficient (Wildman–Crippen LogP) is 3.45. The number of aromatic amines is 1. The quantitative estimate of drug-likeness (QED) is 0.0630. The van der Waals surface area contributed by atoms with E-state index < -0.39 is 36.0 Å². The van der Waals surface area contributed by atoms with E-state index in [2.05, 4.69) is 80.0 Å². The van der Waals surface area contributed by atoms with Gasteiger partial charge in [-0.3, -0.25) is 14.4 Å². The maximum Gasteiger partial charge on any atom is 1.00 e. The molecule has 13 nitrogen and oxygen atoms in total. The molecule has 0 aliphatic heterocycles. The third-order valence-electron chi connectivity index (χ3n) is 9.31. The number of carboxylic acid groups (broad SMARTS) is 3. The summed E-state index contributed by atoms with van der Waals surface area (Å²) in [6.07, 6.45) is 8.93. The summed E-state index contributed by atoms with van der Waals surface area (Å²) in [5.41, 5.74) is 6.55. The molecule has 0 spiro atoms. The van der Waals surface area contributed by atoms with Crippen LogP contribution in [0.5, 0.6) is 0 Å². The van der Waals surface area contributed by atoms with Gasteiger partial charge in [-0.2, -0.15) is 0 Å². The summed E-state index contributed by atoms with van der Waals surface area (Å²) < 4.78 is 4.30. The minimum atomic E-state index is -0.826. The second-order valence-electron chi connectivity index (χ2n) is 12.4. The van der Waals surface area contributed by atoms with Gasteiger partial charge in [0, 0.05) is 90.0 Å².